The van der Waals surface area contributed by atoms with Crippen molar-refractivity contribution in [2.24, 2.45) is 17.8 Å². The monoisotopic (exact) mass is 286 g/mol. The fraction of sp³-hybridized carbons (Fsp3) is 0.600. The maximum absolute atomic E-state index is 12.4. The van der Waals surface area contributed by atoms with Gasteiger partial charge in [0.2, 0.25) is 0 Å². The topological polar surface area (TPSA) is 29.5 Å². The second kappa shape index (κ2) is 4.95. The highest BCUT2D eigenvalue weighted by Crippen LogP contribution is 2.61. The fourth-order valence-electron chi connectivity index (χ4n) is 3.67. The summed E-state index contributed by atoms with van der Waals surface area (Å²) in [4.78, 5) is 0. The first-order chi connectivity index (χ1) is 9.47. The summed E-state index contributed by atoms with van der Waals surface area (Å²) >= 11 is 0. The van der Waals surface area contributed by atoms with E-state index < -0.39 is 12.5 Å². The normalized spacial score (nSPS) is 30.5. The van der Waals surface area contributed by atoms with E-state index in [1.165, 1.54) is 18.2 Å². The second-order valence-corrected chi connectivity index (χ2v) is 5.72. The van der Waals surface area contributed by atoms with Gasteiger partial charge in [0.25, 0.3) is 0 Å². The van der Waals surface area contributed by atoms with E-state index in [0.29, 0.717) is 11.8 Å². The Morgan fingerprint density at radius 3 is 2.30 bits per heavy atom. The van der Waals surface area contributed by atoms with Gasteiger partial charge in [-0.3, -0.25) is 0 Å². The van der Waals surface area contributed by atoms with Crippen LogP contribution in [0.4, 0.5) is 13.2 Å². The van der Waals surface area contributed by atoms with E-state index in [0.717, 1.165) is 25.7 Å². The maximum atomic E-state index is 12.4. The lowest BCUT2D eigenvalue weighted by Crippen LogP contribution is -2.19. The number of para-hydroxylation sites is 1. The molecule has 1 N–H and O–H groups in total. The molecule has 0 heterocycles. The summed E-state index contributed by atoms with van der Waals surface area (Å²) in [6.07, 6.45) is -1.12. The van der Waals surface area contributed by atoms with Crippen molar-refractivity contribution in [2.45, 2.75) is 38.1 Å². The summed E-state index contributed by atoms with van der Waals surface area (Å²) in [6, 6.07) is 5.90. The molecule has 0 radical (unpaired) electrons. The highest BCUT2D eigenvalue weighted by atomic mass is 19.4. The largest absolute Gasteiger partial charge is 0.573 e. The molecule has 1 aromatic carbocycles. The van der Waals surface area contributed by atoms with Crippen molar-refractivity contribution in [2.75, 3.05) is 0 Å². The fourth-order valence-corrected chi connectivity index (χ4v) is 3.67. The van der Waals surface area contributed by atoms with Crippen molar-refractivity contribution >= 4 is 0 Å². The molecule has 2 aliphatic carbocycles. The van der Waals surface area contributed by atoms with Gasteiger partial charge < -0.3 is 9.84 Å². The average molecular weight is 286 g/mol. The van der Waals surface area contributed by atoms with Gasteiger partial charge in [-0.2, -0.15) is 0 Å². The number of hydrogen-bond acceptors (Lipinski definition) is 2. The Hall–Kier alpha value is -1.23. The molecule has 5 heteroatoms. The summed E-state index contributed by atoms with van der Waals surface area (Å²) in [5.74, 6) is 0.752. The number of ether oxygens (including phenoxy) is 1. The van der Waals surface area contributed by atoms with Gasteiger partial charge in [-0.15, -0.1) is 13.2 Å². The van der Waals surface area contributed by atoms with Crippen molar-refractivity contribution in [3.05, 3.63) is 29.8 Å². The second-order valence-electron chi connectivity index (χ2n) is 5.72. The van der Waals surface area contributed by atoms with E-state index >= 15 is 0 Å². The molecule has 2 aliphatic rings. The molecule has 2 fully saturated rings. The zero-order valence-corrected chi connectivity index (χ0v) is 10.9. The predicted octanol–water partition coefficient (Wildman–Crippen LogP) is 4.05. The highest BCUT2D eigenvalue weighted by Gasteiger charge is 2.54. The Morgan fingerprint density at radius 1 is 1.10 bits per heavy atom. The molecule has 0 saturated heterocycles. The van der Waals surface area contributed by atoms with Crippen LogP contribution in [-0.2, 0) is 0 Å². The number of hydrogen-bond donors (Lipinski definition) is 1. The molecule has 2 saturated carbocycles. The van der Waals surface area contributed by atoms with Crippen LogP contribution in [-0.4, -0.2) is 11.5 Å². The minimum atomic E-state index is -4.73. The van der Waals surface area contributed by atoms with Crippen LogP contribution in [0.25, 0.3) is 0 Å². The van der Waals surface area contributed by atoms with Gasteiger partial charge in [-0.25, -0.2) is 0 Å². The number of aliphatic hydroxyl groups is 1. The predicted molar refractivity (Wildman–Crippen MR) is 67.0 cm³/mol. The van der Waals surface area contributed by atoms with Crippen molar-refractivity contribution in [3.8, 4) is 5.75 Å². The van der Waals surface area contributed by atoms with Crippen LogP contribution in [0.5, 0.6) is 5.75 Å². The molecule has 0 bridgehead atoms. The van der Waals surface area contributed by atoms with Crippen molar-refractivity contribution in [1.29, 1.82) is 0 Å². The maximum Gasteiger partial charge on any atom is 0.573 e. The third-order valence-electron chi connectivity index (χ3n) is 4.55. The van der Waals surface area contributed by atoms with Crippen LogP contribution < -0.4 is 4.74 Å². The van der Waals surface area contributed by atoms with Crippen molar-refractivity contribution in [1.82, 2.24) is 0 Å². The Morgan fingerprint density at radius 2 is 1.70 bits per heavy atom. The van der Waals surface area contributed by atoms with Gasteiger partial charge in [0.05, 0.1) is 6.10 Å². The van der Waals surface area contributed by atoms with E-state index in [1.807, 2.05) is 0 Å². The van der Waals surface area contributed by atoms with E-state index in [4.69, 9.17) is 0 Å². The standard InChI is InChI=1S/C15H17F3O2/c16-15(17,18)20-12-8-4-3-7-11(12)14(19)13-9-5-1-2-6-10(9)13/h3-4,7-10,13-14,19H,1-2,5-6H2. The highest BCUT2D eigenvalue weighted by molar-refractivity contribution is 5.36. The molecule has 0 aromatic heterocycles. The lowest BCUT2D eigenvalue weighted by Gasteiger charge is -2.17. The van der Waals surface area contributed by atoms with E-state index in [9.17, 15) is 18.3 Å². The number of aliphatic hydroxyl groups excluding tert-OH is 1. The Bertz CT molecular complexity index is 474. The molecule has 2 nitrogen and oxygen atoms in total. The van der Waals surface area contributed by atoms with E-state index in [-0.39, 0.29) is 17.2 Å². The molecule has 1 aromatic rings. The molecule has 0 spiro atoms. The van der Waals surface area contributed by atoms with E-state index in [2.05, 4.69) is 4.74 Å². The molecule has 20 heavy (non-hydrogen) atoms. The first-order valence-corrected chi connectivity index (χ1v) is 7.00. The van der Waals surface area contributed by atoms with Crippen LogP contribution in [0.3, 0.4) is 0 Å². The van der Waals surface area contributed by atoms with Crippen LogP contribution in [0.15, 0.2) is 24.3 Å². The SMILES string of the molecule is OC(c1ccccc1OC(F)(F)F)C1C2CCCCC21. The van der Waals surface area contributed by atoms with Gasteiger partial charge in [0.15, 0.2) is 0 Å². The minimum absolute atomic E-state index is 0.0930. The Kier molecular flexibility index (Phi) is 3.40. The van der Waals surface area contributed by atoms with Gasteiger partial charge in [-0.05, 0) is 36.7 Å². The molecule has 3 rings (SSSR count). The van der Waals surface area contributed by atoms with Crippen LogP contribution in [0.2, 0.25) is 0 Å². The lowest BCUT2D eigenvalue weighted by atomic mass is 10.0. The smallest absolute Gasteiger partial charge is 0.405 e. The Balaban J connectivity index is 1.79. The van der Waals surface area contributed by atoms with Gasteiger partial charge in [-0.1, -0.05) is 31.0 Å². The number of benzene rings is 1. The molecule has 110 valence electrons. The van der Waals surface area contributed by atoms with E-state index in [1.54, 1.807) is 6.07 Å². The van der Waals surface area contributed by atoms with Crippen LogP contribution in [0.1, 0.15) is 37.4 Å². The quantitative estimate of drug-likeness (QED) is 0.908. The number of fused-ring (bicyclic) bond motifs is 1. The third kappa shape index (κ3) is 2.64. The lowest BCUT2D eigenvalue weighted by molar-refractivity contribution is -0.275. The average Bonchev–Trinajstić information content (AvgIpc) is 3.11. The van der Waals surface area contributed by atoms with Crippen molar-refractivity contribution < 1.29 is 23.0 Å². The molecule has 3 unspecified atom stereocenters. The number of alkyl halides is 3. The molecular formula is C15H17F3O2. The molecule has 0 amide bonds. The van der Waals surface area contributed by atoms with Gasteiger partial charge >= 0.3 is 6.36 Å². The zero-order valence-electron chi connectivity index (χ0n) is 10.9. The first-order valence-electron chi connectivity index (χ1n) is 7.00. The molecule has 3 atom stereocenters. The Labute approximate surface area is 115 Å². The molecule has 0 aliphatic heterocycles. The summed E-state index contributed by atoms with van der Waals surface area (Å²) in [5.41, 5.74) is 0.254. The summed E-state index contributed by atoms with van der Waals surface area (Å²) < 4.78 is 41.2. The first kappa shape index (κ1) is 13.7. The van der Waals surface area contributed by atoms with Gasteiger partial charge in [0, 0.05) is 5.56 Å². The number of halogens is 3. The summed E-state index contributed by atoms with van der Waals surface area (Å²) in [5, 5.41) is 10.4. The van der Waals surface area contributed by atoms with Gasteiger partial charge in [0.1, 0.15) is 5.75 Å². The summed E-state index contributed by atoms with van der Waals surface area (Å²) in [6.45, 7) is 0. The minimum Gasteiger partial charge on any atom is -0.405 e. The summed E-state index contributed by atoms with van der Waals surface area (Å²) in [7, 11) is 0. The number of rotatable bonds is 3. The molecular weight excluding hydrogens is 269 g/mol. The van der Waals surface area contributed by atoms with Crippen LogP contribution in [0, 0.1) is 17.8 Å². The van der Waals surface area contributed by atoms with Crippen LogP contribution >= 0.6 is 0 Å². The third-order valence-corrected chi connectivity index (χ3v) is 4.55. The zero-order chi connectivity index (χ0) is 14.3. The van der Waals surface area contributed by atoms with Crippen molar-refractivity contribution in [3.63, 3.8) is 0 Å².